The van der Waals surface area contributed by atoms with Gasteiger partial charge in [-0.3, -0.25) is 14.9 Å². The Labute approximate surface area is 135 Å². The average molecular weight is 410 g/mol. The van der Waals surface area contributed by atoms with Crippen molar-refractivity contribution in [1.82, 2.24) is 0 Å². The zero-order chi connectivity index (χ0) is 16.2. The minimum Gasteiger partial charge on any atom is -0.481 e. The summed E-state index contributed by atoms with van der Waals surface area (Å²) in [5, 5.41) is 19.8. The van der Waals surface area contributed by atoms with Gasteiger partial charge in [-0.25, -0.2) is 4.39 Å². The number of benzene rings is 1. The summed E-state index contributed by atoms with van der Waals surface area (Å²) in [6, 6.07) is 2.22. The minimum absolute atomic E-state index is 0.0378. The molecular formula is C13H16FIN2O4. The summed E-state index contributed by atoms with van der Waals surface area (Å²) < 4.78 is 13.9. The van der Waals surface area contributed by atoms with E-state index in [9.17, 15) is 19.3 Å². The van der Waals surface area contributed by atoms with Gasteiger partial charge < -0.3 is 10.0 Å². The maximum atomic E-state index is 13.7. The number of nitro groups is 1. The molecule has 0 atom stereocenters. The van der Waals surface area contributed by atoms with E-state index in [0.29, 0.717) is 13.0 Å². The third-order valence-corrected chi connectivity index (χ3v) is 3.76. The van der Waals surface area contributed by atoms with Gasteiger partial charge in [0.15, 0.2) is 0 Å². The van der Waals surface area contributed by atoms with Gasteiger partial charge in [0.25, 0.3) is 5.69 Å². The predicted molar refractivity (Wildman–Crippen MR) is 85.1 cm³/mol. The molecule has 0 aliphatic carbocycles. The second-order valence-corrected chi connectivity index (χ2v) is 5.96. The first kappa shape index (κ1) is 17.6. The molecule has 116 valence electrons. The van der Waals surface area contributed by atoms with Gasteiger partial charge in [0.05, 0.1) is 8.49 Å². The first-order valence-corrected chi connectivity index (χ1v) is 7.43. The van der Waals surface area contributed by atoms with Crippen LogP contribution >= 0.6 is 22.6 Å². The molecule has 1 aromatic carbocycles. The van der Waals surface area contributed by atoms with Crippen molar-refractivity contribution in [3.8, 4) is 0 Å². The molecule has 1 N–H and O–H groups in total. The van der Waals surface area contributed by atoms with Gasteiger partial charge in [0.2, 0.25) is 0 Å². The fourth-order valence-electron chi connectivity index (χ4n) is 1.96. The van der Waals surface area contributed by atoms with Gasteiger partial charge in [-0.05, 0) is 42.9 Å². The van der Waals surface area contributed by atoms with Gasteiger partial charge in [0.1, 0.15) is 11.5 Å². The lowest BCUT2D eigenvalue weighted by Crippen LogP contribution is -2.32. The molecule has 21 heavy (non-hydrogen) atoms. The molecule has 0 bridgehead atoms. The Morgan fingerprint density at radius 3 is 2.62 bits per heavy atom. The molecule has 8 heteroatoms. The minimum atomic E-state index is -0.929. The molecular weight excluding hydrogens is 394 g/mol. The van der Waals surface area contributed by atoms with Crippen molar-refractivity contribution in [1.29, 1.82) is 0 Å². The molecule has 0 aromatic heterocycles. The van der Waals surface area contributed by atoms with Crippen LogP contribution in [0.2, 0.25) is 0 Å². The summed E-state index contributed by atoms with van der Waals surface area (Å²) >= 11 is 1.70. The highest BCUT2D eigenvalue weighted by molar-refractivity contribution is 14.1. The lowest BCUT2D eigenvalue weighted by Gasteiger charge is -2.28. The zero-order valence-corrected chi connectivity index (χ0v) is 13.8. The van der Waals surface area contributed by atoms with Crippen LogP contribution in [0.4, 0.5) is 15.8 Å². The Hall–Kier alpha value is -1.45. The highest BCUT2D eigenvalue weighted by atomic mass is 127. The molecule has 0 radical (unpaired) electrons. The van der Waals surface area contributed by atoms with Crippen LogP contribution in [0, 0.1) is 19.5 Å². The van der Waals surface area contributed by atoms with Gasteiger partial charge in [-0.15, -0.1) is 0 Å². The number of aliphatic carboxylic acids is 1. The number of hydrogen-bond donors (Lipinski definition) is 1. The lowest BCUT2D eigenvalue weighted by atomic mass is 10.1. The second-order valence-electron chi connectivity index (χ2n) is 4.80. The predicted octanol–water partition coefficient (Wildman–Crippen LogP) is 3.42. The van der Waals surface area contributed by atoms with Crippen molar-refractivity contribution in [2.24, 2.45) is 0 Å². The molecule has 0 aliphatic rings. The summed E-state index contributed by atoms with van der Waals surface area (Å²) in [5.41, 5.74) is 0.00290. The van der Waals surface area contributed by atoms with E-state index in [1.165, 1.54) is 6.07 Å². The largest absolute Gasteiger partial charge is 0.481 e. The number of rotatable bonds is 7. The van der Waals surface area contributed by atoms with Gasteiger partial charge in [-0.2, -0.15) is 0 Å². The van der Waals surface area contributed by atoms with E-state index in [2.05, 4.69) is 0 Å². The SMILES string of the molecule is CC(C)N(CCCC(=O)O)c1cc(F)c(I)cc1[N+](=O)[O-]. The van der Waals surface area contributed by atoms with Crippen molar-refractivity contribution >= 4 is 39.9 Å². The normalized spacial score (nSPS) is 10.7. The van der Waals surface area contributed by atoms with E-state index in [0.717, 1.165) is 6.07 Å². The molecule has 0 unspecified atom stereocenters. The molecule has 0 heterocycles. The highest BCUT2D eigenvalue weighted by Gasteiger charge is 2.24. The number of halogens is 2. The maximum Gasteiger partial charge on any atom is 0.303 e. The fourth-order valence-corrected chi connectivity index (χ4v) is 2.41. The van der Waals surface area contributed by atoms with Crippen LogP contribution in [0.3, 0.4) is 0 Å². The summed E-state index contributed by atoms with van der Waals surface area (Å²) in [4.78, 5) is 22.8. The maximum absolute atomic E-state index is 13.7. The number of carbonyl (C=O) groups is 1. The molecule has 0 aliphatic heterocycles. The quantitative estimate of drug-likeness (QED) is 0.423. The van der Waals surface area contributed by atoms with Crippen LogP contribution in [-0.2, 0) is 4.79 Å². The summed E-state index contributed by atoms with van der Waals surface area (Å²) in [6.07, 6.45) is 0.294. The van der Waals surface area contributed by atoms with Crippen LogP contribution in [0.15, 0.2) is 12.1 Å². The number of hydrogen-bond acceptors (Lipinski definition) is 4. The molecule has 0 fully saturated rings. The van der Waals surface area contributed by atoms with Crippen LogP contribution in [0.1, 0.15) is 26.7 Å². The Kier molecular flexibility index (Phi) is 6.31. The molecule has 1 rings (SSSR count). The topological polar surface area (TPSA) is 83.7 Å². The fraction of sp³-hybridized carbons (Fsp3) is 0.462. The molecule has 6 nitrogen and oxygen atoms in total. The number of carboxylic acid groups (broad SMARTS) is 1. The third-order valence-electron chi connectivity index (χ3n) is 2.94. The van der Waals surface area contributed by atoms with Crippen molar-refractivity contribution in [2.45, 2.75) is 32.7 Å². The Balaban J connectivity index is 3.15. The number of anilines is 1. The Bertz CT molecular complexity index is 551. The van der Waals surface area contributed by atoms with E-state index < -0.39 is 16.7 Å². The first-order valence-electron chi connectivity index (χ1n) is 6.36. The van der Waals surface area contributed by atoms with Crippen LogP contribution in [-0.4, -0.2) is 28.6 Å². The van der Waals surface area contributed by atoms with Crippen molar-refractivity contribution in [2.75, 3.05) is 11.4 Å². The van der Waals surface area contributed by atoms with Crippen molar-refractivity contribution in [3.63, 3.8) is 0 Å². The van der Waals surface area contributed by atoms with Crippen LogP contribution in [0.25, 0.3) is 0 Å². The van der Waals surface area contributed by atoms with Crippen LogP contribution in [0.5, 0.6) is 0 Å². The van der Waals surface area contributed by atoms with Gasteiger partial charge in [-0.1, -0.05) is 0 Å². The first-order chi connectivity index (χ1) is 9.73. The van der Waals surface area contributed by atoms with Crippen molar-refractivity contribution < 1.29 is 19.2 Å². The van der Waals surface area contributed by atoms with Crippen molar-refractivity contribution in [3.05, 3.63) is 31.6 Å². The monoisotopic (exact) mass is 410 g/mol. The molecule has 0 saturated heterocycles. The molecule has 0 amide bonds. The highest BCUT2D eigenvalue weighted by Crippen LogP contribution is 2.33. The van der Waals surface area contributed by atoms with Gasteiger partial charge in [0, 0.05) is 31.1 Å². The van der Waals surface area contributed by atoms with E-state index in [1.54, 1.807) is 27.5 Å². The zero-order valence-electron chi connectivity index (χ0n) is 11.7. The molecule has 1 aromatic rings. The van der Waals surface area contributed by atoms with E-state index >= 15 is 0 Å². The third kappa shape index (κ3) is 4.80. The van der Waals surface area contributed by atoms with Crippen LogP contribution < -0.4 is 4.90 Å². The Morgan fingerprint density at radius 1 is 1.52 bits per heavy atom. The number of nitro benzene ring substituents is 1. The number of nitrogens with zero attached hydrogens (tertiary/aromatic N) is 2. The molecule has 0 spiro atoms. The molecule has 0 saturated carbocycles. The second kappa shape index (κ2) is 7.53. The summed E-state index contributed by atoms with van der Waals surface area (Å²) in [7, 11) is 0. The standard InChI is InChI=1S/C13H16FIN2O4/c1-8(2)16(5-3-4-13(18)19)11-6-9(14)10(15)7-12(11)17(20)21/h6-8H,3-5H2,1-2H3,(H,18,19). The summed E-state index contributed by atoms with van der Waals surface area (Å²) in [5.74, 6) is -1.46. The smallest absolute Gasteiger partial charge is 0.303 e. The van der Waals surface area contributed by atoms with E-state index in [4.69, 9.17) is 5.11 Å². The summed E-state index contributed by atoms with van der Waals surface area (Å²) in [6.45, 7) is 3.95. The number of carboxylic acids is 1. The lowest BCUT2D eigenvalue weighted by molar-refractivity contribution is -0.384. The Morgan fingerprint density at radius 2 is 2.14 bits per heavy atom. The van der Waals surface area contributed by atoms with E-state index in [1.807, 2.05) is 13.8 Å². The van der Waals surface area contributed by atoms with Gasteiger partial charge >= 0.3 is 5.97 Å². The van der Waals surface area contributed by atoms with E-state index in [-0.39, 0.29) is 27.4 Å². The average Bonchev–Trinajstić information content (AvgIpc) is 2.36.